The first-order valence-electron chi connectivity index (χ1n) is 5.28. The standard InChI is InChI=1S/C11H13Cl2FN2/c12-9-4-7(14)5-10(13)11(9)16-6-8-2-1-3-15-8/h4-5,8,15-16H,1-3,6H2. The number of hydrogen-bond acceptors (Lipinski definition) is 2. The molecule has 0 aliphatic carbocycles. The number of anilines is 1. The van der Waals surface area contributed by atoms with Crippen LogP contribution in [0.15, 0.2) is 12.1 Å². The molecular formula is C11H13Cl2FN2. The summed E-state index contributed by atoms with van der Waals surface area (Å²) in [5.41, 5.74) is 0.610. The van der Waals surface area contributed by atoms with Gasteiger partial charge in [-0.15, -0.1) is 0 Å². The lowest BCUT2D eigenvalue weighted by Crippen LogP contribution is -2.29. The Kier molecular flexibility index (Phi) is 3.90. The zero-order chi connectivity index (χ0) is 11.5. The minimum atomic E-state index is -0.417. The van der Waals surface area contributed by atoms with Gasteiger partial charge in [0.15, 0.2) is 0 Å². The Hall–Kier alpha value is -0.510. The van der Waals surface area contributed by atoms with Gasteiger partial charge < -0.3 is 10.6 Å². The van der Waals surface area contributed by atoms with E-state index in [1.54, 1.807) is 0 Å². The van der Waals surface area contributed by atoms with E-state index >= 15 is 0 Å². The number of halogens is 3. The topological polar surface area (TPSA) is 24.1 Å². The van der Waals surface area contributed by atoms with Gasteiger partial charge in [0, 0.05) is 12.6 Å². The molecule has 0 amide bonds. The molecule has 1 aliphatic heterocycles. The lowest BCUT2D eigenvalue weighted by Gasteiger charge is -2.14. The van der Waals surface area contributed by atoms with E-state index in [-0.39, 0.29) is 0 Å². The Morgan fingerprint density at radius 3 is 2.62 bits per heavy atom. The van der Waals surface area contributed by atoms with Crippen LogP contribution >= 0.6 is 23.2 Å². The van der Waals surface area contributed by atoms with Gasteiger partial charge in [-0.1, -0.05) is 23.2 Å². The van der Waals surface area contributed by atoms with Gasteiger partial charge in [-0.25, -0.2) is 4.39 Å². The van der Waals surface area contributed by atoms with Crippen LogP contribution in [0.25, 0.3) is 0 Å². The fourth-order valence-electron chi connectivity index (χ4n) is 1.87. The predicted octanol–water partition coefficient (Wildman–Crippen LogP) is 3.30. The third-order valence-electron chi connectivity index (χ3n) is 2.69. The first kappa shape index (κ1) is 12.0. The second-order valence-corrected chi connectivity index (χ2v) is 4.73. The molecule has 1 fully saturated rings. The van der Waals surface area contributed by atoms with Crippen LogP contribution in [-0.2, 0) is 0 Å². The fourth-order valence-corrected chi connectivity index (χ4v) is 2.46. The van der Waals surface area contributed by atoms with Gasteiger partial charge in [0.25, 0.3) is 0 Å². The molecule has 16 heavy (non-hydrogen) atoms. The van der Waals surface area contributed by atoms with E-state index in [1.165, 1.54) is 18.6 Å². The first-order valence-corrected chi connectivity index (χ1v) is 6.04. The summed E-state index contributed by atoms with van der Waals surface area (Å²) in [5.74, 6) is -0.417. The van der Waals surface area contributed by atoms with Crippen molar-refractivity contribution in [2.75, 3.05) is 18.4 Å². The summed E-state index contributed by atoms with van der Waals surface area (Å²) in [7, 11) is 0. The number of nitrogens with one attached hydrogen (secondary N) is 2. The minimum absolute atomic E-state index is 0.322. The van der Waals surface area contributed by atoms with Gasteiger partial charge in [-0.2, -0.15) is 0 Å². The molecule has 0 radical (unpaired) electrons. The molecular weight excluding hydrogens is 250 g/mol. The molecule has 1 heterocycles. The molecule has 88 valence electrons. The van der Waals surface area contributed by atoms with E-state index in [9.17, 15) is 4.39 Å². The molecule has 2 N–H and O–H groups in total. The summed E-state index contributed by atoms with van der Waals surface area (Å²) in [6.07, 6.45) is 2.33. The van der Waals surface area contributed by atoms with Crippen LogP contribution in [0.2, 0.25) is 10.0 Å². The molecule has 2 nitrogen and oxygen atoms in total. The van der Waals surface area contributed by atoms with Crippen LogP contribution in [-0.4, -0.2) is 19.1 Å². The second kappa shape index (κ2) is 5.21. The fraction of sp³-hybridized carbons (Fsp3) is 0.455. The molecule has 0 bridgehead atoms. The van der Waals surface area contributed by atoms with Gasteiger partial charge >= 0.3 is 0 Å². The van der Waals surface area contributed by atoms with Gasteiger partial charge in [-0.3, -0.25) is 0 Å². The maximum absolute atomic E-state index is 12.9. The highest BCUT2D eigenvalue weighted by atomic mass is 35.5. The molecule has 0 saturated carbocycles. The summed E-state index contributed by atoms with van der Waals surface area (Å²) in [6, 6.07) is 2.97. The average Bonchev–Trinajstić information content (AvgIpc) is 2.68. The maximum Gasteiger partial charge on any atom is 0.126 e. The second-order valence-electron chi connectivity index (χ2n) is 3.92. The first-order chi connectivity index (χ1) is 7.66. The third-order valence-corrected chi connectivity index (χ3v) is 3.29. The third kappa shape index (κ3) is 2.78. The molecule has 1 aliphatic rings. The normalized spacial score (nSPS) is 20.1. The Morgan fingerprint density at radius 2 is 2.06 bits per heavy atom. The summed E-state index contributed by atoms with van der Waals surface area (Å²) in [5, 5.41) is 7.16. The van der Waals surface area contributed by atoms with Crippen molar-refractivity contribution in [3.63, 3.8) is 0 Å². The van der Waals surface area contributed by atoms with E-state index in [0.717, 1.165) is 19.5 Å². The Bertz CT molecular complexity index is 355. The number of benzene rings is 1. The summed E-state index contributed by atoms with van der Waals surface area (Å²) >= 11 is 11.8. The van der Waals surface area contributed by atoms with Crippen LogP contribution < -0.4 is 10.6 Å². The van der Waals surface area contributed by atoms with E-state index < -0.39 is 5.82 Å². The number of rotatable bonds is 3. The molecule has 5 heteroatoms. The molecule has 1 unspecified atom stereocenters. The summed E-state index contributed by atoms with van der Waals surface area (Å²) < 4.78 is 12.9. The van der Waals surface area contributed by atoms with Gasteiger partial charge in [0.05, 0.1) is 15.7 Å². The van der Waals surface area contributed by atoms with Gasteiger partial charge in [0.1, 0.15) is 5.82 Å². The smallest absolute Gasteiger partial charge is 0.126 e. The molecule has 2 rings (SSSR count). The Morgan fingerprint density at radius 1 is 1.38 bits per heavy atom. The van der Waals surface area contributed by atoms with Crippen LogP contribution in [0.4, 0.5) is 10.1 Å². The van der Waals surface area contributed by atoms with Crippen molar-refractivity contribution in [2.24, 2.45) is 0 Å². The lowest BCUT2D eigenvalue weighted by molar-refractivity contribution is 0.626. The quantitative estimate of drug-likeness (QED) is 0.874. The van der Waals surface area contributed by atoms with Crippen molar-refractivity contribution in [2.45, 2.75) is 18.9 Å². The molecule has 1 aromatic rings. The van der Waals surface area contributed by atoms with E-state index in [0.29, 0.717) is 21.8 Å². The van der Waals surface area contributed by atoms with Crippen molar-refractivity contribution >= 4 is 28.9 Å². The number of hydrogen-bond donors (Lipinski definition) is 2. The molecule has 1 saturated heterocycles. The van der Waals surface area contributed by atoms with E-state index in [4.69, 9.17) is 23.2 Å². The van der Waals surface area contributed by atoms with Crippen LogP contribution in [0.1, 0.15) is 12.8 Å². The van der Waals surface area contributed by atoms with Crippen LogP contribution in [0.3, 0.4) is 0 Å². The molecule has 1 aromatic carbocycles. The zero-order valence-electron chi connectivity index (χ0n) is 8.69. The van der Waals surface area contributed by atoms with Crippen molar-refractivity contribution in [1.29, 1.82) is 0 Å². The predicted molar refractivity (Wildman–Crippen MR) is 65.9 cm³/mol. The average molecular weight is 263 g/mol. The monoisotopic (exact) mass is 262 g/mol. The largest absolute Gasteiger partial charge is 0.381 e. The molecule has 0 aromatic heterocycles. The van der Waals surface area contributed by atoms with Crippen LogP contribution in [0.5, 0.6) is 0 Å². The van der Waals surface area contributed by atoms with Crippen molar-refractivity contribution in [3.05, 3.63) is 28.0 Å². The summed E-state index contributed by atoms with van der Waals surface area (Å²) in [4.78, 5) is 0. The lowest BCUT2D eigenvalue weighted by atomic mass is 10.2. The molecule has 0 spiro atoms. The van der Waals surface area contributed by atoms with Crippen molar-refractivity contribution < 1.29 is 4.39 Å². The highest BCUT2D eigenvalue weighted by molar-refractivity contribution is 6.39. The Labute approximate surface area is 104 Å². The van der Waals surface area contributed by atoms with Gasteiger partial charge in [0.2, 0.25) is 0 Å². The Balaban J connectivity index is 2.03. The van der Waals surface area contributed by atoms with E-state index in [1.807, 2.05) is 0 Å². The SMILES string of the molecule is Fc1cc(Cl)c(NCC2CCCN2)c(Cl)c1. The minimum Gasteiger partial charge on any atom is -0.381 e. The highest BCUT2D eigenvalue weighted by Crippen LogP contribution is 2.31. The van der Waals surface area contributed by atoms with E-state index in [2.05, 4.69) is 10.6 Å². The molecule has 1 atom stereocenters. The van der Waals surface area contributed by atoms with Crippen molar-refractivity contribution in [1.82, 2.24) is 5.32 Å². The van der Waals surface area contributed by atoms with Crippen LogP contribution in [0, 0.1) is 5.82 Å². The maximum atomic E-state index is 12.9. The van der Waals surface area contributed by atoms with Crippen molar-refractivity contribution in [3.8, 4) is 0 Å². The summed E-state index contributed by atoms with van der Waals surface area (Å²) in [6.45, 7) is 1.81. The highest BCUT2D eigenvalue weighted by Gasteiger charge is 2.15. The zero-order valence-corrected chi connectivity index (χ0v) is 10.2. The van der Waals surface area contributed by atoms with Gasteiger partial charge in [-0.05, 0) is 31.5 Å².